The number of rotatable bonds is 4. The lowest BCUT2D eigenvalue weighted by molar-refractivity contribution is 0.396. The van der Waals surface area contributed by atoms with E-state index in [0.29, 0.717) is 28.2 Å². The molecule has 3 rings (SSSR count). The van der Waals surface area contributed by atoms with Crippen LogP contribution in [0.15, 0.2) is 57.7 Å². The predicted molar refractivity (Wildman–Crippen MR) is 91.0 cm³/mol. The molecule has 0 bridgehead atoms. The van der Waals surface area contributed by atoms with Gasteiger partial charge in [0.25, 0.3) is 0 Å². The molecule has 1 heterocycles. The van der Waals surface area contributed by atoms with Gasteiger partial charge in [0.1, 0.15) is 28.2 Å². The highest BCUT2D eigenvalue weighted by atomic mass is 16.5. The van der Waals surface area contributed by atoms with Crippen molar-refractivity contribution in [1.29, 1.82) is 0 Å². The summed E-state index contributed by atoms with van der Waals surface area (Å²) in [4.78, 5) is 12.4. The normalized spacial score (nSPS) is 11.0. The summed E-state index contributed by atoms with van der Waals surface area (Å²) in [6.45, 7) is 0. The second-order valence-electron chi connectivity index (χ2n) is 4.96. The van der Waals surface area contributed by atoms with Gasteiger partial charge in [-0.3, -0.25) is 4.79 Å². The Morgan fingerprint density at radius 1 is 0.957 bits per heavy atom. The van der Waals surface area contributed by atoms with E-state index in [1.54, 1.807) is 25.3 Å². The molecule has 0 radical (unpaired) electrons. The molecule has 0 aliphatic carbocycles. The molecule has 0 spiro atoms. The first-order valence-electron chi connectivity index (χ1n) is 7.14. The van der Waals surface area contributed by atoms with Gasteiger partial charge >= 0.3 is 0 Å². The molecule has 23 heavy (non-hydrogen) atoms. The van der Waals surface area contributed by atoms with Gasteiger partial charge in [0.2, 0.25) is 0 Å². The number of hydrogen-bond donors (Lipinski definition) is 0. The van der Waals surface area contributed by atoms with Gasteiger partial charge in [-0.2, -0.15) is 0 Å². The fourth-order valence-electron chi connectivity index (χ4n) is 2.35. The Hall–Kier alpha value is -3.01. The minimum Gasteiger partial charge on any atom is -0.496 e. The summed E-state index contributed by atoms with van der Waals surface area (Å²) < 4.78 is 16.3. The van der Waals surface area contributed by atoms with Gasteiger partial charge in [0.05, 0.1) is 14.2 Å². The highest BCUT2D eigenvalue weighted by molar-refractivity contribution is 5.86. The summed E-state index contributed by atoms with van der Waals surface area (Å²) >= 11 is 0. The van der Waals surface area contributed by atoms with Gasteiger partial charge in [-0.25, -0.2) is 0 Å². The number of methoxy groups -OCH3 is 2. The Kier molecular flexibility index (Phi) is 4.15. The number of benzene rings is 2. The standard InChI is InChI=1S/C19H16O4/c1-21-15-11-17(22-2)19-16(20)10-14(23-18(19)12-15)9-8-13-6-4-3-5-7-13/h3-12H,1-2H3/b9-8+. The number of hydrogen-bond acceptors (Lipinski definition) is 4. The quantitative estimate of drug-likeness (QED) is 0.731. The molecule has 0 fully saturated rings. The van der Waals surface area contributed by atoms with E-state index in [1.165, 1.54) is 13.2 Å². The van der Waals surface area contributed by atoms with E-state index < -0.39 is 0 Å². The fraction of sp³-hybridized carbons (Fsp3) is 0.105. The average Bonchev–Trinajstić information content (AvgIpc) is 2.59. The third-order valence-corrected chi connectivity index (χ3v) is 3.48. The van der Waals surface area contributed by atoms with E-state index in [2.05, 4.69) is 0 Å². The van der Waals surface area contributed by atoms with E-state index >= 15 is 0 Å². The van der Waals surface area contributed by atoms with Crippen molar-refractivity contribution in [2.24, 2.45) is 0 Å². The average molecular weight is 308 g/mol. The van der Waals surface area contributed by atoms with Gasteiger partial charge in [0.15, 0.2) is 5.43 Å². The summed E-state index contributed by atoms with van der Waals surface area (Å²) in [5, 5.41) is 0.408. The maximum Gasteiger partial charge on any atom is 0.197 e. The van der Waals surface area contributed by atoms with Crippen LogP contribution < -0.4 is 14.9 Å². The summed E-state index contributed by atoms with van der Waals surface area (Å²) in [7, 11) is 3.06. The van der Waals surface area contributed by atoms with Crippen molar-refractivity contribution in [3.8, 4) is 11.5 Å². The Labute approximate surface area is 133 Å². The zero-order valence-electron chi connectivity index (χ0n) is 12.9. The molecule has 2 aromatic carbocycles. The van der Waals surface area contributed by atoms with Gasteiger partial charge < -0.3 is 13.9 Å². The highest BCUT2D eigenvalue weighted by Gasteiger charge is 2.11. The van der Waals surface area contributed by atoms with Gasteiger partial charge in [0, 0.05) is 18.2 Å². The molecular formula is C19H16O4. The lowest BCUT2D eigenvalue weighted by Gasteiger charge is -2.08. The Balaban J connectivity index is 2.10. The zero-order valence-corrected chi connectivity index (χ0v) is 12.9. The zero-order chi connectivity index (χ0) is 16.2. The van der Waals surface area contributed by atoms with Crippen molar-refractivity contribution in [1.82, 2.24) is 0 Å². The van der Waals surface area contributed by atoms with E-state index in [1.807, 2.05) is 36.4 Å². The van der Waals surface area contributed by atoms with Gasteiger partial charge in [-0.15, -0.1) is 0 Å². The first-order valence-corrected chi connectivity index (χ1v) is 7.14. The number of fused-ring (bicyclic) bond motifs is 1. The van der Waals surface area contributed by atoms with Crippen molar-refractivity contribution in [2.75, 3.05) is 14.2 Å². The van der Waals surface area contributed by atoms with Gasteiger partial charge in [-0.05, 0) is 11.6 Å². The minimum absolute atomic E-state index is 0.154. The third-order valence-electron chi connectivity index (χ3n) is 3.48. The van der Waals surface area contributed by atoms with Crippen LogP contribution in [0.25, 0.3) is 23.1 Å². The monoisotopic (exact) mass is 308 g/mol. The molecule has 0 saturated carbocycles. The van der Waals surface area contributed by atoms with Crippen molar-refractivity contribution in [3.05, 3.63) is 70.1 Å². The lowest BCUT2D eigenvalue weighted by atomic mass is 10.1. The molecule has 0 aliphatic rings. The predicted octanol–water partition coefficient (Wildman–Crippen LogP) is 3.98. The van der Waals surface area contributed by atoms with Crippen LogP contribution in [0.4, 0.5) is 0 Å². The second-order valence-corrected chi connectivity index (χ2v) is 4.96. The maximum absolute atomic E-state index is 12.4. The largest absolute Gasteiger partial charge is 0.496 e. The van der Waals surface area contributed by atoms with Crippen LogP contribution in [-0.4, -0.2) is 14.2 Å². The third kappa shape index (κ3) is 3.11. The molecule has 116 valence electrons. The van der Waals surface area contributed by atoms with Crippen LogP contribution in [-0.2, 0) is 0 Å². The summed E-state index contributed by atoms with van der Waals surface area (Å²) in [5.41, 5.74) is 1.30. The van der Waals surface area contributed by atoms with Crippen LogP contribution >= 0.6 is 0 Å². The smallest absolute Gasteiger partial charge is 0.197 e. The summed E-state index contributed by atoms with van der Waals surface area (Å²) in [6, 6.07) is 14.6. The molecule has 1 aromatic heterocycles. The Morgan fingerprint density at radius 3 is 2.43 bits per heavy atom. The topological polar surface area (TPSA) is 48.7 Å². The van der Waals surface area contributed by atoms with Crippen LogP contribution in [0.5, 0.6) is 11.5 Å². The first-order chi connectivity index (χ1) is 11.2. The van der Waals surface area contributed by atoms with E-state index in [0.717, 1.165) is 5.56 Å². The highest BCUT2D eigenvalue weighted by Crippen LogP contribution is 2.29. The second kappa shape index (κ2) is 6.40. The van der Waals surface area contributed by atoms with E-state index in [9.17, 15) is 4.79 Å². The molecule has 0 aliphatic heterocycles. The van der Waals surface area contributed by atoms with Crippen molar-refractivity contribution < 1.29 is 13.9 Å². The molecule has 0 atom stereocenters. The Morgan fingerprint density at radius 2 is 1.74 bits per heavy atom. The van der Waals surface area contributed by atoms with Crippen LogP contribution in [0, 0.1) is 0 Å². The molecule has 4 heteroatoms. The van der Waals surface area contributed by atoms with Crippen molar-refractivity contribution >= 4 is 23.1 Å². The minimum atomic E-state index is -0.154. The van der Waals surface area contributed by atoms with Gasteiger partial charge in [-0.1, -0.05) is 36.4 Å². The lowest BCUT2D eigenvalue weighted by Crippen LogP contribution is -2.03. The Bertz CT molecular complexity index is 908. The summed E-state index contributed by atoms with van der Waals surface area (Å²) in [5.74, 6) is 1.48. The van der Waals surface area contributed by atoms with Crippen LogP contribution in [0.2, 0.25) is 0 Å². The van der Waals surface area contributed by atoms with E-state index in [-0.39, 0.29) is 5.43 Å². The van der Waals surface area contributed by atoms with Crippen molar-refractivity contribution in [2.45, 2.75) is 0 Å². The SMILES string of the molecule is COc1cc(OC)c2c(=O)cc(/C=C/c3ccccc3)oc2c1. The molecule has 3 aromatic rings. The maximum atomic E-state index is 12.4. The van der Waals surface area contributed by atoms with Crippen LogP contribution in [0.3, 0.4) is 0 Å². The first kappa shape index (κ1) is 14.9. The molecule has 4 nitrogen and oxygen atoms in total. The molecule has 0 saturated heterocycles. The molecular weight excluding hydrogens is 292 g/mol. The summed E-state index contributed by atoms with van der Waals surface area (Å²) in [6.07, 6.45) is 3.66. The van der Waals surface area contributed by atoms with E-state index in [4.69, 9.17) is 13.9 Å². The molecule has 0 N–H and O–H groups in total. The molecule has 0 unspecified atom stereocenters. The van der Waals surface area contributed by atoms with Crippen LogP contribution in [0.1, 0.15) is 11.3 Å². The molecule has 0 amide bonds. The van der Waals surface area contributed by atoms with Crippen molar-refractivity contribution in [3.63, 3.8) is 0 Å². The number of ether oxygens (including phenoxy) is 2. The fourth-order valence-corrected chi connectivity index (χ4v) is 2.35.